The number of aromatic nitrogens is 3. The highest BCUT2D eigenvalue weighted by Crippen LogP contribution is 2.28. The summed E-state index contributed by atoms with van der Waals surface area (Å²) in [6, 6.07) is 5.62. The fraction of sp³-hybridized carbons (Fsp3) is 0.368. The first-order valence-corrected chi connectivity index (χ1v) is 9.94. The number of amides is 1. The van der Waals surface area contributed by atoms with Crippen LogP contribution in [0, 0.1) is 0 Å². The minimum absolute atomic E-state index is 0.0243. The number of carbonyl (C=O) groups excluding carboxylic acids is 1. The normalized spacial score (nSPS) is 19.2. The van der Waals surface area contributed by atoms with Gasteiger partial charge >= 0.3 is 0 Å². The molecule has 0 unspecified atom stereocenters. The molecule has 0 atom stereocenters. The third-order valence-corrected chi connectivity index (χ3v) is 5.51. The van der Waals surface area contributed by atoms with Crippen molar-refractivity contribution in [1.29, 1.82) is 0 Å². The van der Waals surface area contributed by atoms with Crippen LogP contribution in [0.25, 0.3) is 10.6 Å². The Hall–Kier alpha value is -2.94. The minimum atomic E-state index is -0.216. The second kappa shape index (κ2) is 8.39. The average Bonchev–Trinajstić information content (AvgIpc) is 3.42. The molecular weight excluding hydrogens is 380 g/mol. The summed E-state index contributed by atoms with van der Waals surface area (Å²) in [5, 5.41) is 8.88. The number of carbonyl (C=O) groups is 1. The van der Waals surface area contributed by atoms with Crippen molar-refractivity contribution in [1.82, 2.24) is 20.4 Å². The quantitative estimate of drug-likeness (QED) is 0.677. The maximum Gasteiger partial charge on any atom is 0.278 e. The van der Waals surface area contributed by atoms with Gasteiger partial charge in [-0.05, 0) is 37.1 Å². The van der Waals surface area contributed by atoms with Crippen molar-refractivity contribution in [3.63, 3.8) is 0 Å². The van der Waals surface area contributed by atoms with E-state index in [1.807, 2.05) is 17.5 Å². The molecule has 0 bridgehead atoms. The van der Waals surface area contributed by atoms with Crippen LogP contribution in [0.1, 0.15) is 36.2 Å². The molecule has 1 saturated carbocycles. The first-order valence-electron chi connectivity index (χ1n) is 9.06. The van der Waals surface area contributed by atoms with E-state index in [2.05, 4.69) is 20.4 Å². The van der Waals surface area contributed by atoms with E-state index in [9.17, 15) is 4.79 Å². The first kappa shape index (κ1) is 18.4. The largest absolute Gasteiger partial charge is 0.477 e. The first-order chi connectivity index (χ1) is 13.7. The van der Waals surface area contributed by atoms with E-state index in [0.29, 0.717) is 23.2 Å². The Morgan fingerprint density at radius 2 is 2.00 bits per heavy atom. The summed E-state index contributed by atoms with van der Waals surface area (Å²) in [5.41, 5.74) is 0.297. The maximum atomic E-state index is 12.5. The lowest BCUT2D eigenvalue weighted by Gasteiger charge is -2.29. The van der Waals surface area contributed by atoms with Crippen LogP contribution in [0.2, 0.25) is 0 Å². The average molecular weight is 400 g/mol. The number of rotatable bonds is 6. The molecule has 1 aliphatic carbocycles. The summed E-state index contributed by atoms with van der Waals surface area (Å²) >= 11 is 1.54. The summed E-state index contributed by atoms with van der Waals surface area (Å²) < 4.78 is 16.4. The molecule has 9 heteroatoms. The van der Waals surface area contributed by atoms with Gasteiger partial charge in [0.1, 0.15) is 6.10 Å². The molecule has 0 radical (unpaired) electrons. The number of thiophene rings is 1. The van der Waals surface area contributed by atoms with Gasteiger partial charge in [0.25, 0.3) is 17.7 Å². The van der Waals surface area contributed by atoms with Gasteiger partial charge in [0.2, 0.25) is 0 Å². The van der Waals surface area contributed by atoms with E-state index >= 15 is 0 Å². The number of hydrogen-bond acceptors (Lipinski definition) is 8. The molecule has 3 aromatic heterocycles. The lowest BCUT2D eigenvalue weighted by Crippen LogP contribution is -2.39. The lowest BCUT2D eigenvalue weighted by molar-refractivity contribution is 0.0878. The molecule has 8 nitrogen and oxygen atoms in total. The summed E-state index contributed by atoms with van der Waals surface area (Å²) in [4.78, 5) is 21.7. The molecule has 146 valence electrons. The minimum Gasteiger partial charge on any atom is -0.477 e. The molecule has 1 fully saturated rings. The van der Waals surface area contributed by atoms with Crippen molar-refractivity contribution >= 4 is 17.2 Å². The Balaban J connectivity index is 1.29. The van der Waals surface area contributed by atoms with Crippen LogP contribution in [-0.4, -0.2) is 40.3 Å². The molecule has 1 N–H and O–H groups in total. The van der Waals surface area contributed by atoms with Crippen LogP contribution >= 0.6 is 11.3 Å². The van der Waals surface area contributed by atoms with Crippen LogP contribution in [0.3, 0.4) is 0 Å². The highest BCUT2D eigenvalue weighted by atomic mass is 32.1. The fourth-order valence-corrected chi connectivity index (χ4v) is 3.87. The molecule has 3 aromatic rings. The van der Waals surface area contributed by atoms with Gasteiger partial charge in [-0.2, -0.15) is 0 Å². The topological polar surface area (TPSA) is 99.4 Å². The summed E-state index contributed by atoms with van der Waals surface area (Å²) in [5.74, 6) is 1.17. The van der Waals surface area contributed by atoms with Crippen LogP contribution in [0.5, 0.6) is 11.8 Å². The predicted octanol–water partition coefficient (Wildman–Crippen LogP) is 3.32. The van der Waals surface area contributed by atoms with Gasteiger partial charge < -0.3 is 19.3 Å². The maximum absolute atomic E-state index is 12.5. The molecular formula is C19H20N4O4S. The summed E-state index contributed by atoms with van der Waals surface area (Å²) in [7, 11) is 1.54. The molecule has 1 aliphatic rings. The van der Waals surface area contributed by atoms with E-state index in [1.54, 1.807) is 29.8 Å². The molecule has 1 amide bonds. The van der Waals surface area contributed by atoms with E-state index in [1.165, 1.54) is 7.11 Å². The number of nitrogens with zero attached hydrogens (tertiary/aromatic N) is 3. The van der Waals surface area contributed by atoms with Crippen molar-refractivity contribution in [2.75, 3.05) is 7.11 Å². The van der Waals surface area contributed by atoms with Gasteiger partial charge in [-0.3, -0.25) is 4.79 Å². The fourth-order valence-electron chi connectivity index (χ4n) is 3.19. The monoisotopic (exact) mass is 400 g/mol. The second-order valence-corrected chi connectivity index (χ2v) is 7.44. The number of ether oxygens (including phenoxy) is 2. The van der Waals surface area contributed by atoms with Gasteiger partial charge in [-0.25, -0.2) is 9.97 Å². The second-order valence-electron chi connectivity index (χ2n) is 6.49. The van der Waals surface area contributed by atoms with Gasteiger partial charge in [0.15, 0.2) is 11.5 Å². The van der Waals surface area contributed by atoms with E-state index < -0.39 is 0 Å². The lowest BCUT2D eigenvalue weighted by atomic mass is 9.93. The Morgan fingerprint density at radius 1 is 1.21 bits per heavy atom. The number of methoxy groups -OCH3 is 1. The van der Waals surface area contributed by atoms with Gasteiger partial charge in [0.05, 0.1) is 12.0 Å². The predicted molar refractivity (Wildman–Crippen MR) is 103 cm³/mol. The number of nitrogens with one attached hydrogen (secondary N) is 1. The summed E-state index contributed by atoms with van der Waals surface area (Å²) in [6.45, 7) is 0. The highest BCUT2D eigenvalue weighted by Gasteiger charge is 2.26. The van der Waals surface area contributed by atoms with Crippen LogP contribution in [0.15, 0.2) is 40.5 Å². The molecule has 3 heterocycles. The van der Waals surface area contributed by atoms with Gasteiger partial charge in [-0.1, -0.05) is 11.2 Å². The van der Waals surface area contributed by atoms with E-state index in [0.717, 1.165) is 30.6 Å². The molecule has 4 rings (SSSR count). The molecule has 0 saturated heterocycles. The Kier molecular flexibility index (Phi) is 5.52. The van der Waals surface area contributed by atoms with Crippen molar-refractivity contribution < 1.29 is 18.8 Å². The Morgan fingerprint density at radius 3 is 2.71 bits per heavy atom. The van der Waals surface area contributed by atoms with Gasteiger partial charge in [0, 0.05) is 24.5 Å². The van der Waals surface area contributed by atoms with Crippen LogP contribution < -0.4 is 14.8 Å². The standard InChI is InChI=1S/C19H20N4O4S/c1-25-18-19(21-9-8-20-18)26-13-6-4-12(5-7-13)22-17(24)14-11-15(27-23-14)16-3-2-10-28-16/h2-3,8-13H,4-7H2,1H3,(H,22,24). The van der Waals surface area contributed by atoms with E-state index in [-0.39, 0.29) is 18.1 Å². The smallest absolute Gasteiger partial charge is 0.278 e. The molecule has 0 aliphatic heterocycles. The third kappa shape index (κ3) is 4.14. The Labute approximate surface area is 165 Å². The zero-order valence-corrected chi connectivity index (χ0v) is 16.1. The van der Waals surface area contributed by atoms with Crippen LogP contribution in [0.4, 0.5) is 0 Å². The van der Waals surface area contributed by atoms with Crippen molar-refractivity contribution in [2.24, 2.45) is 0 Å². The summed E-state index contributed by atoms with van der Waals surface area (Å²) in [6.07, 6.45) is 6.41. The Bertz CT molecular complexity index is 920. The zero-order valence-electron chi connectivity index (χ0n) is 15.3. The van der Waals surface area contributed by atoms with Crippen molar-refractivity contribution in [3.05, 3.63) is 41.7 Å². The van der Waals surface area contributed by atoms with Crippen molar-refractivity contribution in [3.8, 4) is 22.4 Å². The molecule has 0 spiro atoms. The highest BCUT2D eigenvalue weighted by molar-refractivity contribution is 7.13. The third-order valence-electron chi connectivity index (χ3n) is 4.62. The van der Waals surface area contributed by atoms with E-state index in [4.69, 9.17) is 14.0 Å². The molecule has 28 heavy (non-hydrogen) atoms. The van der Waals surface area contributed by atoms with Gasteiger partial charge in [-0.15, -0.1) is 11.3 Å². The molecule has 0 aromatic carbocycles. The zero-order chi connectivity index (χ0) is 19.3. The van der Waals surface area contributed by atoms with Crippen LogP contribution in [-0.2, 0) is 0 Å². The SMILES string of the molecule is COc1nccnc1OC1CCC(NC(=O)c2cc(-c3cccs3)on2)CC1. The van der Waals surface area contributed by atoms with Crippen molar-refractivity contribution in [2.45, 2.75) is 37.8 Å². The number of hydrogen-bond donors (Lipinski definition) is 1.